The molecular formula is C16H20N2O2. The van der Waals surface area contributed by atoms with Gasteiger partial charge in [-0.2, -0.15) is 5.26 Å². The van der Waals surface area contributed by atoms with Crippen molar-refractivity contribution in [1.29, 1.82) is 5.26 Å². The first-order valence-electron chi connectivity index (χ1n) is 6.99. The normalized spacial score (nSPS) is 22.1. The maximum atomic E-state index is 12.1. The molecule has 0 bridgehead atoms. The van der Waals surface area contributed by atoms with Gasteiger partial charge in [0.05, 0.1) is 11.6 Å². The van der Waals surface area contributed by atoms with E-state index in [0.717, 1.165) is 13.1 Å². The number of likely N-dealkylation sites (tertiary alicyclic amines) is 1. The predicted molar refractivity (Wildman–Crippen MR) is 76.2 cm³/mol. The minimum absolute atomic E-state index is 0.0350. The number of nitriles is 1. The lowest BCUT2D eigenvalue weighted by atomic mass is 9.92. The van der Waals surface area contributed by atoms with Crippen LogP contribution in [0.1, 0.15) is 25.8 Å². The Kier molecular flexibility index (Phi) is 4.62. The number of carbonyl (C=O) groups excluding carboxylic acids is 1. The van der Waals surface area contributed by atoms with Crippen molar-refractivity contribution in [2.45, 2.75) is 20.3 Å². The van der Waals surface area contributed by atoms with E-state index in [4.69, 9.17) is 10.00 Å². The molecule has 2 atom stereocenters. The number of piperidine rings is 1. The molecule has 0 aromatic heterocycles. The zero-order chi connectivity index (χ0) is 14.5. The molecule has 0 radical (unpaired) electrons. The second-order valence-electron chi connectivity index (χ2n) is 5.67. The van der Waals surface area contributed by atoms with Crippen molar-refractivity contribution in [2.24, 2.45) is 11.8 Å². The van der Waals surface area contributed by atoms with E-state index in [2.05, 4.69) is 13.8 Å². The quantitative estimate of drug-likeness (QED) is 0.849. The number of hydrogen-bond donors (Lipinski definition) is 0. The van der Waals surface area contributed by atoms with Crippen LogP contribution in [0.5, 0.6) is 5.75 Å². The third kappa shape index (κ3) is 3.74. The first-order chi connectivity index (χ1) is 9.58. The van der Waals surface area contributed by atoms with Gasteiger partial charge in [0, 0.05) is 13.1 Å². The van der Waals surface area contributed by atoms with Crippen LogP contribution >= 0.6 is 0 Å². The van der Waals surface area contributed by atoms with Crippen LogP contribution in [-0.2, 0) is 4.79 Å². The highest BCUT2D eigenvalue weighted by Gasteiger charge is 2.25. The first-order valence-corrected chi connectivity index (χ1v) is 6.99. The average molecular weight is 272 g/mol. The summed E-state index contributed by atoms with van der Waals surface area (Å²) in [4.78, 5) is 14.0. The van der Waals surface area contributed by atoms with E-state index in [1.807, 2.05) is 11.0 Å². The van der Waals surface area contributed by atoms with E-state index in [0.29, 0.717) is 23.1 Å². The van der Waals surface area contributed by atoms with Crippen molar-refractivity contribution >= 4 is 5.91 Å². The number of ether oxygens (including phenoxy) is 1. The average Bonchev–Trinajstić information content (AvgIpc) is 2.44. The van der Waals surface area contributed by atoms with Crippen molar-refractivity contribution in [1.82, 2.24) is 4.90 Å². The molecule has 2 unspecified atom stereocenters. The van der Waals surface area contributed by atoms with Gasteiger partial charge in [0.1, 0.15) is 5.75 Å². The maximum absolute atomic E-state index is 12.1. The lowest BCUT2D eigenvalue weighted by Crippen LogP contribution is -2.44. The Bertz CT molecular complexity index is 494. The Morgan fingerprint density at radius 1 is 1.30 bits per heavy atom. The molecule has 1 aliphatic rings. The predicted octanol–water partition coefficient (Wildman–Crippen LogP) is 2.44. The van der Waals surface area contributed by atoms with Gasteiger partial charge in [-0.1, -0.05) is 13.8 Å². The SMILES string of the molecule is CC1CC(C)CN(C(=O)COc2ccc(C#N)cc2)C1. The topological polar surface area (TPSA) is 53.3 Å². The number of benzene rings is 1. The van der Waals surface area contributed by atoms with Crippen molar-refractivity contribution in [3.8, 4) is 11.8 Å². The van der Waals surface area contributed by atoms with Gasteiger partial charge < -0.3 is 9.64 Å². The fourth-order valence-corrected chi connectivity index (χ4v) is 2.73. The van der Waals surface area contributed by atoms with Gasteiger partial charge in [0.25, 0.3) is 5.91 Å². The van der Waals surface area contributed by atoms with Crippen LogP contribution in [0.15, 0.2) is 24.3 Å². The largest absolute Gasteiger partial charge is 0.484 e. The fourth-order valence-electron chi connectivity index (χ4n) is 2.73. The lowest BCUT2D eigenvalue weighted by Gasteiger charge is -2.34. The van der Waals surface area contributed by atoms with Gasteiger partial charge in [-0.3, -0.25) is 4.79 Å². The molecule has 0 saturated carbocycles. The Morgan fingerprint density at radius 3 is 2.45 bits per heavy atom. The van der Waals surface area contributed by atoms with E-state index in [-0.39, 0.29) is 12.5 Å². The standard InChI is InChI=1S/C16H20N2O2/c1-12-7-13(2)10-18(9-12)16(19)11-20-15-5-3-14(8-17)4-6-15/h3-6,12-13H,7,9-11H2,1-2H3. The molecule has 1 amide bonds. The highest BCUT2D eigenvalue weighted by atomic mass is 16.5. The van der Waals surface area contributed by atoms with Crippen molar-refractivity contribution < 1.29 is 9.53 Å². The summed E-state index contributed by atoms with van der Waals surface area (Å²) in [6.45, 7) is 6.06. The zero-order valence-corrected chi connectivity index (χ0v) is 12.0. The second-order valence-corrected chi connectivity index (χ2v) is 5.67. The highest BCUT2D eigenvalue weighted by Crippen LogP contribution is 2.21. The summed E-state index contributed by atoms with van der Waals surface area (Å²) in [5.41, 5.74) is 0.586. The summed E-state index contributed by atoms with van der Waals surface area (Å²) in [7, 11) is 0. The molecule has 4 heteroatoms. The Balaban J connectivity index is 1.86. The first kappa shape index (κ1) is 14.4. The van der Waals surface area contributed by atoms with E-state index < -0.39 is 0 Å². The summed E-state index contributed by atoms with van der Waals surface area (Å²) in [6, 6.07) is 8.85. The third-order valence-electron chi connectivity index (χ3n) is 3.57. The second kappa shape index (κ2) is 6.42. The molecule has 20 heavy (non-hydrogen) atoms. The molecule has 0 aliphatic carbocycles. The summed E-state index contributed by atoms with van der Waals surface area (Å²) >= 11 is 0. The molecule has 1 saturated heterocycles. The van der Waals surface area contributed by atoms with Crippen LogP contribution in [-0.4, -0.2) is 30.5 Å². The van der Waals surface area contributed by atoms with Gasteiger partial charge in [0.2, 0.25) is 0 Å². The molecule has 1 aromatic rings. The third-order valence-corrected chi connectivity index (χ3v) is 3.57. The molecule has 1 fully saturated rings. The zero-order valence-electron chi connectivity index (χ0n) is 12.0. The minimum atomic E-state index is 0.0350. The van der Waals surface area contributed by atoms with E-state index in [1.165, 1.54) is 6.42 Å². The molecule has 2 rings (SSSR count). The Hall–Kier alpha value is -2.02. The molecule has 4 nitrogen and oxygen atoms in total. The molecule has 1 heterocycles. The van der Waals surface area contributed by atoms with E-state index >= 15 is 0 Å². The van der Waals surface area contributed by atoms with Gasteiger partial charge in [-0.15, -0.1) is 0 Å². The van der Waals surface area contributed by atoms with Crippen LogP contribution in [0.4, 0.5) is 0 Å². The van der Waals surface area contributed by atoms with Crippen LogP contribution in [0.25, 0.3) is 0 Å². The van der Waals surface area contributed by atoms with E-state index in [1.54, 1.807) is 24.3 Å². The smallest absolute Gasteiger partial charge is 0.260 e. The van der Waals surface area contributed by atoms with Crippen LogP contribution in [0, 0.1) is 23.2 Å². The van der Waals surface area contributed by atoms with Gasteiger partial charge in [-0.05, 0) is 42.5 Å². The number of nitrogens with zero attached hydrogens (tertiary/aromatic N) is 2. The number of hydrogen-bond acceptors (Lipinski definition) is 3. The molecule has 0 N–H and O–H groups in total. The number of amides is 1. The van der Waals surface area contributed by atoms with Gasteiger partial charge in [-0.25, -0.2) is 0 Å². The fraction of sp³-hybridized carbons (Fsp3) is 0.500. The molecule has 1 aromatic carbocycles. The maximum Gasteiger partial charge on any atom is 0.260 e. The van der Waals surface area contributed by atoms with Gasteiger partial charge in [0.15, 0.2) is 6.61 Å². The van der Waals surface area contributed by atoms with Crippen LogP contribution < -0.4 is 4.74 Å². The van der Waals surface area contributed by atoms with Crippen molar-refractivity contribution in [2.75, 3.05) is 19.7 Å². The van der Waals surface area contributed by atoms with Crippen molar-refractivity contribution in [3.63, 3.8) is 0 Å². The summed E-state index contributed by atoms with van der Waals surface area (Å²) < 4.78 is 5.49. The number of carbonyl (C=O) groups is 1. The summed E-state index contributed by atoms with van der Waals surface area (Å²) in [6.07, 6.45) is 1.18. The van der Waals surface area contributed by atoms with E-state index in [9.17, 15) is 4.79 Å². The highest BCUT2D eigenvalue weighted by molar-refractivity contribution is 5.77. The molecule has 1 aliphatic heterocycles. The Labute approximate surface area is 120 Å². The van der Waals surface area contributed by atoms with Crippen LogP contribution in [0.3, 0.4) is 0 Å². The van der Waals surface area contributed by atoms with Gasteiger partial charge >= 0.3 is 0 Å². The summed E-state index contributed by atoms with van der Waals surface area (Å²) in [5.74, 6) is 1.76. The molecule has 106 valence electrons. The minimum Gasteiger partial charge on any atom is -0.484 e. The molecular weight excluding hydrogens is 252 g/mol. The molecule has 0 spiro atoms. The monoisotopic (exact) mass is 272 g/mol. The lowest BCUT2D eigenvalue weighted by molar-refractivity contribution is -0.136. The van der Waals surface area contributed by atoms with Crippen LogP contribution in [0.2, 0.25) is 0 Å². The summed E-state index contributed by atoms with van der Waals surface area (Å²) in [5, 5.41) is 8.71. The van der Waals surface area contributed by atoms with Crippen molar-refractivity contribution in [3.05, 3.63) is 29.8 Å². The number of rotatable bonds is 3. The Morgan fingerprint density at radius 2 is 1.90 bits per heavy atom.